The summed E-state index contributed by atoms with van der Waals surface area (Å²) < 4.78 is 7.65. The molecule has 0 spiro atoms. The SMILES string of the molecule is COc1ccccc1/C=C1\SC(=S)N([C@H](C)C(=O)NCCCn2ccnc2)C1=O. The number of benzene rings is 1. The Labute approximate surface area is 179 Å². The first-order valence-corrected chi connectivity index (χ1v) is 10.4. The van der Waals surface area contributed by atoms with E-state index in [1.165, 1.54) is 16.7 Å². The number of thiocarbonyl (C=S) groups is 1. The topological polar surface area (TPSA) is 76.5 Å². The van der Waals surface area contributed by atoms with E-state index in [9.17, 15) is 9.59 Å². The lowest BCUT2D eigenvalue weighted by molar-refractivity contribution is -0.132. The zero-order valence-corrected chi connectivity index (χ0v) is 17.8. The average molecular weight is 431 g/mol. The van der Waals surface area contributed by atoms with Crippen LogP contribution in [0.15, 0.2) is 47.9 Å². The monoisotopic (exact) mass is 430 g/mol. The normalized spacial score (nSPS) is 16.3. The second-order valence-corrected chi connectivity index (χ2v) is 8.09. The van der Waals surface area contributed by atoms with Gasteiger partial charge in [0.25, 0.3) is 5.91 Å². The quantitative estimate of drug-likeness (QED) is 0.394. The Hall–Kier alpha value is -2.65. The highest BCUT2D eigenvalue weighted by Gasteiger charge is 2.38. The lowest BCUT2D eigenvalue weighted by Crippen LogP contribution is -2.47. The highest BCUT2D eigenvalue weighted by molar-refractivity contribution is 8.26. The number of aryl methyl sites for hydroxylation is 1. The second-order valence-electron chi connectivity index (χ2n) is 6.41. The van der Waals surface area contributed by atoms with Crippen LogP contribution in [0.2, 0.25) is 0 Å². The Balaban J connectivity index is 1.61. The molecule has 29 heavy (non-hydrogen) atoms. The molecule has 2 amide bonds. The fourth-order valence-corrected chi connectivity index (χ4v) is 4.31. The fourth-order valence-electron chi connectivity index (χ4n) is 2.90. The van der Waals surface area contributed by atoms with Gasteiger partial charge in [-0.25, -0.2) is 4.98 Å². The standard InChI is InChI=1S/C20H22N4O3S2/c1-14(18(25)22-8-5-10-23-11-9-21-13-23)24-19(26)17(29-20(24)28)12-15-6-3-4-7-16(15)27-2/h3-4,6-7,9,11-14H,5,8,10H2,1-2H3,(H,22,25)/b17-12-/t14-/m1/s1. The van der Waals surface area contributed by atoms with Gasteiger partial charge in [-0.1, -0.05) is 42.2 Å². The van der Waals surface area contributed by atoms with Crippen molar-refractivity contribution in [3.63, 3.8) is 0 Å². The zero-order chi connectivity index (χ0) is 20.8. The van der Waals surface area contributed by atoms with E-state index in [0.717, 1.165) is 18.5 Å². The van der Waals surface area contributed by atoms with Crippen molar-refractivity contribution in [3.8, 4) is 5.75 Å². The van der Waals surface area contributed by atoms with E-state index in [4.69, 9.17) is 17.0 Å². The molecule has 0 bridgehead atoms. The highest BCUT2D eigenvalue weighted by Crippen LogP contribution is 2.35. The number of para-hydroxylation sites is 1. The molecule has 0 radical (unpaired) electrons. The minimum absolute atomic E-state index is 0.231. The number of thioether (sulfide) groups is 1. The zero-order valence-electron chi connectivity index (χ0n) is 16.2. The molecule has 1 N–H and O–H groups in total. The molecule has 1 aromatic heterocycles. The highest BCUT2D eigenvalue weighted by atomic mass is 32.2. The molecule has 152 valence electrons. The van der Waals surface area contributed by atoms with E-state index in [-0.39, 0.29) is 11.8 Å². The van der Waals surface area contributed by atoms with Gasteiger partial charge in [-0.2, -0.15) is 0 Å². The van der Waals surface area contributed by atoms with Crippen molar-refractivity contribution in [3.05, 3.63) is 53.5 Å². The van der Waals surface area contributed by atoms with E-state index in [2.05, 4.69) is 10.3 Å². The summed E-state index contributed by atoms with van der Waals surface area (Å²) in [5.41, 5.74) is 0.784. The molecule has 3 rings (SSSR count). The van der Waals surface area contributed by atoms with Gasteiger partial charge in [-0.15, -0.1) is 0 Å². The molecule has 0 aliphatic carbocycles. The van der Waals surface area contributed by atoms with Crippen LogP contribution in [0.4, 0.5) is 0 Å². The largest absolute Gasteiger partial charge is 0.496 e. The number of ether oxygens (including phenoxy) is 1. The molecule has 7 nitrogen and oxygen atoms in total. The van der Waals surface area contributed by atoms with Crippen molar-refractivity contribution in [2.24, 2.45) is 0 Å². The maximum Gasteiger partial charge on any atom is 0.266 e. The third kappa shape index (κ3) is 5.04. The van der Waals surface area contributed by atoms with E-state index in [1.807, 2.05) is 35.0 Å². The molecule has 1 aromatic carbocycles. The summed E-state index contributed by atoms with van der Waals surface area (Å²) in [6.45, 7) is 2.95. The number of methoxy groups -OCH3 is 1. The number of carbonyl (C=O) groups is 2. The van der Waals surface area contributed by atoms with Crippen LogP contribution >= 0.6 is 24.0 Å². The van der Waals surface area contributed by atoms with Crippen molar-refractivity contribution in [1.82, 2.24) is 19.8 Å². The Morgan fingerprint density at radius 2 is 2.21 bits per heavy atom. The predicted molar refractivity (Wildman–Crippen MR) is 117 cm³/mol. The number of imidazole rings is 1. The van der Waals surface area contributed by atoms with Crippen molar-refractivity contribution >= 4 is 46.2 Å². The van der Waals surface area contributed by atoms with Gasteiger partial charge >= 0.3 is 0 Å². The first kappa shape index (κ1) is 21.1. The third-order valence-corrected chi connectivity index (χ3v) is 5.80. The van der Waals surface area contributed by atoms with Crippen molar-refractivity contribution < 1.29 is 14.3 Å². The molecular formula is C20H22N4O3S2. The van der Waals surface area contributed by atoms with Crippen LogP contribution in [0.3, 0.4) is 0 Å². The first-order chi connectivity index (χ1) is 14.0. The number of nitrogens with one attached hydrogen (secondary N) is 1. The lowest BCUT2D eigenvalue weighted by Gasteiger charge is -2.22. The van der Waals surface area contributed by atoms with E-state index < -0.39 is 6.04 Å². The van der Waals surface area contributed by atoms with Gasteiger partial charge < -0.3 is 14.6 Å². The van der Waals surface area contributed by atoms with Gasteiger partial charge in [0.2, 0.25) is 5.91 Å². The van der Waals surface area contributed by atoms with Crippen LogP contribution in [0, 0.1) is 0 Å². The molecule has 2 aromatic rings. The lowest BCUT2D eigenvalue weighted by atomic mass is 10.1. The van der Waals surface area contributed by atoms with Gasteiger partial charge in [0.1, 0.15) is 16.1 Å². The fraction of sp³-hybridized carbons (Fsp3) is 0.300. The van der Waals surface area contributed by atoms with Crippen LogP contribution < -0.4 is 10.1 Å². The summed E-state index contributed by atoms with van der Waals surface area (Å²) >= 11 is 6.55. The van der Waals surface area contributed by atoms with Gasteiger partial charge in [0, 0.05) is 31.0 Å². The molecule has 1 atom stereocenters. The maximum absolute atomic E-state index is 12.9. The Morgan fingerprint density at radius 1 is 1.41 bits per heavy atom. The summed E-state index contributed by atoms with van der Waals surface area (Å²) in [5.74, 6) is 0.166. The molecule has 2 heterocycles. The van der Waals surface area contributed by atoms with Crippen molar-refractivity contribution in [2.45, 2.75) is 25.9 Å². The number of amides is 2. The van der Waals surface area contributed by atoms with Crippen LogP contribution in [-0.4, -0.2) is 50.3 Å². The van der Waals surface area contributed by atoms with Crippen LogP contribution in [0.1, 0.15) is 18.9 Å². The molecule has 1 saturated heterocycles. The van der Waals surface area contributed by atoms with E-state index in [1.54, 1.807) is 32.6 Å². The Kier molecular flexibility index (Phi) is 7.05. The summed E-state index contributed by atoms with van der Waals surface area (Å²) in [6.07, 6.45) is 7.83. The van der Waals surface area contributed by atoms with Crippen molar-refractivity contribution in [2.75, 3.05) is 13.7 Å². The molecule has 0 unspecified atom stereocenters. The molecule has 1 fully saturated rings. The first-order valence-electron chi connectivity index (χ1n) is 9.15. The summed E-state index contributed by atoms with van der Waals surface area (Å²) in [5, 5.41) is 2.87. The van der Waals surface area contributed by atoms with Gasteiger partial charge in [-0.3, -0.25) is 14.5 Å². The number of rotatable bonds is 8. The molecule has 1 aliphatic heterocycles. The maximum atomic E-state index is 12.9. The Morgan fingerprint density at radius 3 is 2.93 bits per heavy atom. The van der Waals surface area contributed by atoms with E-state index >= 15 is 0 Å². The van der Waals surface area contributed by atoms with Crippen LogP contribution in [0.5, 0.6) is 5.75 Å². The third-order valence-electron chi connectivity index (χ3n) is 4.47. The number of nitrogens with zero attached hydrogens (tertiary/aromatic N) is 3. The minimum Gasteiger partial charge on any atom is -0.496 e. The van der Waals surface area contributed by atoms with Gasteiger partial charge in [0.05, 0.1) is 18.3 Å². The molecular weight excluding hydrogens is 408 g/mol. The number of carbonyl (C=O) groups excluding carboxylic acids is 2. The second kappa shape index (κ2) is 9.71. The minimum atomic E-state index is -0.681. The van der Waals surface area contributed by atoms with Gasteiger partial charge in [0.15, 0.2) is 0 Å². The summed E-state index contributed by atoms with van der Waals surface area (Å²) in [7, 11) is 1.58. The molecule has 0 saturated carbocycles. The summed E-state index contributed by atoms with van der Waals surface area (Å²) in [6, 6.07) is 6.74. The average Bonchev–Trinajstić information content (AvgIpc) is 3.33. The van der Waals surface area contributed by atoms with Crippen LogP contribution in [-0.2, 0) is 16.1 Å². The molecule has 9 heteroatoms. The number of hydrogen-bond donors (Lipinski definition) is 1. The molecule has 1 aliphatic rings. The number of hydrogen-bond acceptors (Lipinski definition) is 6. The number of aromatic nitrogens is 2. The van der Waals surface area contributed by atoms with E-state index in [0.29, 0.717) is 21.5 Å². The smallest absolute Gasteiger partial charge is 0.266 e. The predicted octanol–water partition coefficient (Wildman–Crippen LogP) is 2.69. The Bertz CT molecular complexity index is 928. The van der Waals surface area contributed by atoms with Crippen molar-refractivity contribution in [1.29, 1.82) is 0 Å². The van der Waals surface area contributed by atoms with Gasteiger partial charge in [-0.05, 0) is 25.5 Å². The summed E-state index contributed by atoms with van der Waals surface area (Å²) in [4.78, 5) is 31.2. The van der Waals surface area contributed by atoms with Crippen LogP contribution in [0.25, 0.3) is 6.08 Å².